The molecule has 18 heavy (non-hydrogen) atoms. The zero-order chi connectivity index (χ0) is 13.1. The number of carbonyl (C=O) groups excluding carboxylic acids is 1. The van der Waals surface area contributed by atoms with Gasteiger partial charge in [-0.3, -0.25) is 4.79 Å². The Labute approximate surface area is 113 Å². The summed E-state index contributed by atoms with van der Waals surface area (Å²) >= 11 is 1.98. The molecule has 1 aliphatic heterocycles. The standard InChI is InChI=1S/C14H19NO2S/c1-10-9-15(7-8-18-10)12-5-4-6-13(17-3)14(12)11(2)16/h4-6,10H,7-9H2,1-3H3. The van der Waals surface area contributed by atoms with Crippen LogP contribution >= 0.6 is 11.8 Å². The lowest BCUT2D eigenvalue weighted by Gasteiger charge is -2.33. The van der Waals surface area contributed by atoms with Crippen molar-refractivity contribution < 1.29 is 9.53 Å². The average molecular weight is 265 g/mol. The fourth-order valence-corrected chi connectivity index (χ4v) is 3.36. The van der Waals surface area contributed by atoms with E-state index in [0.717, 1.165) is 24.5 Å². The highest BCUT2D eigenvalue weighted by atomic mass is 32.2. The number of thioether (sulfide) groups is 1. The number of anilines is 1. The number of rotatable bonds is 3. The Hall–Kier alpha value is -1.16. The van der Waals surface area contributed by atoms with Crippen LogP contribution in [0.2, 0.25) is 0 Å². The molecule has 98 valence electrons. The van der Waals surface area contributed by atoms with Gasteiger partial charge in [0.2, 0.25) is 0 Å². The third-order valence-corrected chi connectivity index (χ3v) is 4.29. The van der Waals surface area contributed by atoms with E-state index in [9.17, 15) is 4.79 Å². The number of hydrogen-bond donors (Lipinski definition) is 0. The van der Waals surface area contributed by atoms with Gasteiger partial charge in [0.1, 0.15) is 5.75 Å². The minimum absolute atomic E-state index is 0.0633. The van der Waals surface area contributed by atoms with Crippen molar-refractivity contribution in [3.8, 4) is 5.75 Å². The van der Waals surface area contributed by atoms with Crippen LogP contribution in [-0.2, 0) is 0 Å². The first-order valence-corrected chi connectivity index (χ1v) is 7.23. The van der Waals surface area contributed by atoms with E-state index < -0.39 is 0 Å². The van der Waals surface area contributed by atoms with Gasteiger partial charge in [-0.2, -0.15) is 11.8 Å². The second kappa shape index (κ2) is 5.65. The summed E-state index contributed by atoms with van der Waals surface area (Å²) in [7, 11) is 1.61. The van der Waals surface area contributed by atoms with Crippen molar-refractivity contribution in [3.05, 3.63) is 23.8 Å². The topological polar surface area (TPSA) is 29.5 Å². The molecule has 0 N–H and O–H groups in total. The van der Waals surface area contributed by atoms with E-state index in [2.05, 4.69) is 11.8 Å². The van der Waals surface area contributed by atoms with Crippen molar-refractivity contribution in [2.45, 2.75) is 19.1 Å². The summed E-state index contributed by atoms with van der Waals surface area (Å²) in [5, 5.41) is 0.602. The van der Waals surface area contributed by atoms with E-state index in [-0.39, 0.29) is 5.78 Å². The van der Waals surface area contributed by atoms with E-state index in [4.69, 9.17) is 4.74 Å². The van der Waals surface area contributed by atoms with Crippen LogP contribution in [0.1, 0.15) is 24.2 Å². The minimum Gasteiger partial charge on any atom is -0.496 e. The van der Waals surface area contributed by atoms with E-state index in [1.165, 1.54) is 0 Å². The van der Waals surface area contributed by atoms with Crippen molar-refractivity contribution in [1.29, 1.82) is 0 Å². The summed E-state index contributed by atoms with van der Waals surface area (Å²) in [6, 6.07) is 5.82. The van der Waals surface area contributed by atoms with E-state index in [1.54, 1.807) is 14.0 Å². The molecule has 1 fully saturated rings. The van der Waals surface area contributed by atoms with Crippen LogP contribution in [-0.4, -0.2) is 37.0 Å². The van der Waals surface area contributed by atoms with Crippen LogP contribution in [0.15, 0.2) is 18.2 Å². The smallest absolute Gasteiger partial charge is 0.165 e. The van der Waals surface area contributed by atoms with Gasteiger partial charge in [-0.05, 0) is 19.1 Å². The average Bonchev–Trinajstić information content (AvgIpc) is 2.37. The maximum Gasteiger partial charge on any atom is 0.165 e. The predicted molar refractivity (Wildman–Crippen MR) is 77.1 cm³/mol. The molecule has 3 nitrogen and oxygen atoms in total. The molecule has 1 unspecified atom stereocenters. The molecule has 1 heterocycles. The molecule has 1 aromatic rings. The normalized spacial score (nSPS) is 19.7. The Morgan fingerprint density at radius 2 is 2.28 bits per heavy atom. The highest BCUT2D eigenvalue weighted by Gasteiger charge is 2.22. The minimum atomic E-state index is 0.0633. The van der Waals surface area contributed by atoms with E-state index >= 15 is 0 Å². The first-order valence-electron chi connectivity index (χ1n) is 6.18. The molecule has 0 bridgehead atoms. The summed E-state index contributed by atoms with van der Waals surface area (Å²) < 4.78 is 5.31. The number of benzene rings is 1. The molecular formula is C14H19NO2S. The fourth-order valence-electron chi connectivity index (χ4n) is 2.34. The third-order valence-electron chi connectivity index (χ3n) is 3.16. The van der Waals surface area contributed by atoms with E-state index in [0.29, 0.717) is 16.6 Å². The van der Waals surface area contributed by atoms with Gasteiger partial charge in [-0.15, -0.1) is 0 Å². The van der Waals surface area contributed by atoms with Crippen molar-refractivity contribution >= 4 is 23.2 Å². The number of ketones is 1. The van der Waals surface area contributed by atoms with Crippen molar-refractivity contribution in [3.63, 3.8) is 0 Å². The second-order valence-corrected chi connectivity index (χ2v) is 6.08. The molecule has 1 atom stereocenters. The van der Waals surface area contributed by atoms with Gasteiger partial charge in [0.15, 0.2) is 5.78 Å². The van der Waals surface area contributed by atoms with Crippen molar-refractivity contribution in [1.82, 2.24) is 0 Å². The molecule has 0 amide bonds. The quantitative estimate of drug-likeness (QED) is 0.786. The van der Waals surface area contributed by atoms with Crippen LogP contribution in [0.3, 0.4) is 0 Å². The molecular weight excluding hydrogens is 246 g/mol. The van der Waals surface area contributed by atoms with Crippen LogP contribution in [0.4, 0.5) is 5.69 Å². The molecule has 1 aromatic carbocycles. The van der Waals surface area contributed by atoms with Gasteiger partial charge in [0.05, 0.1) is 18.4 Å². The predicted octanol–water partition coefficient (Wildman–Crippen LogP) is 2.84. The van der Waals surface area contributed by atoms with Crippen LogP contribution in [0.25, 0.3) is 0 Å². The molecule has 0 aliphatic carbocycles. The molecule has 0 radical (unpaired) electrons. The monoisotopic (exact) mass is 265 g/mol. The number of methoxy groups -OCH3 is 1. The van der Waals surface area contributed by atoms with Gasteiger partial charge < -0.3 is 9.64 Å². The number of Topliss-reactive ketones (excluding diaryl/α,β-unsaturated/α-hetero) is 1. The highest BCUT2D eigenvalue weighted by molar-refractivity contribution is 8.00. The lowest BCUT2D eigenvalue weighted by atomic mass is 10.1. The molecule has 1 saturated heterocycles. The molecule has 1 aliphatic rings. The molecule has 0 aromatic heterocycles. The number of carbonyl (C=O) groups is 1. The van der Waals surface area contributed by atoms with Crippen molar-refractivity contribution in [2.24, 2.45) is 0 Å². The number of hydrogen-bond acceptors (Lipinski definition) is 4. The van der Waals surface area contributed by atoms with Crippen LogP contribution in [0, 0.1) is 0 Å². The molecule has 0 saturated carbocycles. The van der Waals surface area contributed by atoms with Gasteiger partial charge in [-0.1, -0.05) is 13.0 Å². The van der Waals surface area contributed by atoms with Crippen LogP contribution < -0.4 is 9.64 Å². The summed E-state index contributed by atoms with van der Waals surface area (Å²) in [6.45, 7) is 5.80. The van der Waals surface area contributed by atoms with Crippen molar-refractivity contribution in [2.75, 3.05) is 30.9 Å². The second-order valence-electron chi connectivity index (χ2n) is 4.54. The van der Waals surface area contributed by atoms with Gasteiger partial charge in [0.25, 0.3) is 0 Å². The van der Waals surface area contributed by atoms with Crippen LogP contribution in [0.5, 0.6) is 5.75 Å². The highest BCUT2D eigenvalue weighted by Crippen LogP contribution is 2.32. The Kier molecular flexibility index (Phi) is 4.17. The first-order chi connectivity index (χ1) is 8.63. The maximum atomic E-state index is 11.9. The number of nitrogens with zero attached hydrogens (tertiary/aromatic N) is 1. The molecule has 4 heteroatoms. The zero-order valence-corrected chi connectivity index (χ0v) is 11.9. The lowest BCUT2D eigenvalue weighted by Crippen LogP contribution is -2.37. The summed E-state index contributed by atoms with van der Waals surface area (Å²) in [5.74, 6) is 1.84. The van der Waals surface area contributed by atoms with Gasteiger partial charge in [-0.25, -0.2) is 0 Å². The maximum absolute atomic E-state index is 11.9. The zero-order valence-electron chi connectivity index (χ0n) is 11.1. The number of ether oxygens (including phenoxy) is 1. The fraction of sp³-hybridized carbons (Fsp3) is 0.500. The first kappa shape index (κ1) is 13.3. The third kappa shape index (κ3) is 2.64. The molecule has 0 spiro atoms. The van der Waals surface area contributed by atoms with Gasteiger partial charge >= 0.3 is 0 Å². The Morgan fingerprint density at radius 1 is 1.50 bits per heavy atom. The summed E-state index contributed by atoms with van der Waals surface area (Å²) in [5.41, 5.74) is 1.72. The summed E-state index contributed by atoms with van der Waals surface area (Å²) in [4.78, 5) is 14.2. The molecule has 2 rings (SSSR count). The Balaban J connectivity index is 2.40. The lowest BCUT2D eigenvalue weighted by molar-refractivity contribution is 0.101. The van der Waals surface area contributed by atoms with Gasteiger partial charge in [0, 0.05) is 24.1 Å². The Bertz CT molecular complexity index is 447. The largest absolute Gasteiger partial charge is 0.496 e. The Morgan fingerprint density at radius 3 is 2.89 bits per heavy atom. The summed E-state index contributed by atoms with van der Waals surface area (Å²) in [6.07, 6.45) is 0. The SMILES string of the molecule is COc1cccc(N2CCSC(C)C2)c1C(C)=O. The van der Waals surface area contributed by atoms with E-state index in [1.807, 2.05) is 30.0 Å².